The van der Waals surface area contributed by atoms with Crippen molar-refractivity contribution in [3.63, 3.8) is 0 Å². The van der Waals surface area contributed by atoms with Crippen molar-refractivity contribution in [2.75, 3.05) is 5.75 Å². The SMILES string of the molecule is CC=NC(C)=C(C=N)SCC. The van der Waals surface area contributed by atoms with Gasteiger partial charge in [-0.1, -0.05) is 6.92 Å². The molecule has 0 radical (unpaired) electrons. The van der Waals surface area contributed by atoms with Gasteiger partial charge in [0.15, 0.2) is 0 Å². The van der Waals surface area contributed by atoms with Gasteiger partial charge in [0.1, 0.15) is 0 Å². The van der Waals surface area contributed by atoms with E-state index in [2.05, 4.69) is 11.9 Å². The Morgan fingerprint density at radius 1 is 1.64 bits per heavy atom. The van der Waals surface area contributed by atoms with Crippen LogP contribution in [0.3, 0.4) is 0 Å². The Hall–Kier alpha value is -0.570. The van der Waals surface area contributed by atoms with E-state index < -0.39 is 0 Å². The molecule has 1 N–H and O–H groups in total. The number of thioether (sulfide) groups is 1. The minimum absolute atomic E-state index is 0.925. The van der Waals surface area contributed by atoms with Crippen LogP contribution in [0.1, 0.15) is 20.8 Å². The number of hydrogen-bond donors (Lipinski definition) is 1. The van der Waals surface area contributed by atoms with Crippen molar-refractivity contribution in [3.8, 4) is 0 Å². The van der Waals surface area contributed by atoms with Crippen LogP contribution < -0.4 is 0 Å². The maximum atomic E-state index is 7.09. The van der Waals surface area contributed by atoms with Crippen LogP contribution in [0.2, 0.25) is 0 Å². The second kappa shape index (κ2) is 6.16. The van der Waals surface area contributed by atoms with Crippen molar-refractivity contribution in [1.82, 2.24) is 0 Å². The molecule has 0 amide bonds. The molecule has 3 heteroatoms. The molecule has 11 heavy (non-hydrogen) atoms. The van der Waals surface area contributed by atoms with Gasteiger partial charge in [0, 0.05) is 17.3 Å². The van der Waals surface area contributed by atoms with E-state index in [-0.39, 0.29) is 0 Å². The topological polar surface area (TPSA) is 36.2 Å². The molecule has 0 aromatic rings. The second-order valence-electron chi connectivity index (χ2n) is 1.91. The predicted molar refractivity (Wildman–Crippen MR) is 53.8 cm³/mol. The lowest BCUT2D eigenvalue weighted by atomic mass is 10.4. The van der Waals surface area contributed by atoms with E-state index in [0.29, 0.717) is 0 Å². The molecule has 0 unspecified atom stereocenters. The van der Waals surface area contributed by atoms with Crippen LogP contribution in [0.4, 0.5) is 0 Å². The summed E-state index contributed by atoms with van der Waals surface area (Å²) in [5, 5.41) is 7.09. The van der Waals surface area contributed by atoms with E-state index in [1.165, 1.54) is 6.21 Å². The first-order chi connectivity index (χ1) is 5.26. The van der Waals surface area contributed by atoms with Crippen LogP contribution >= 0.6 is 11.8 Å². The fourth-order valence-corrected chi connectivity index (χ4v) is 1.32. The van der Waals surface area contributed by atoms with E-state index in [4.69, 9.17) is 5.41 Å². The van der Waals surface area contributed by atoms with Crippen molar-refractivity contribution < 1.29 is 0 Å². The van der Waals surface area contributed by atoms with Crippen molar-refractivity contribution in [2.24, 2.45) is 4.99 Å². The Morgan fingerprint density at radius 3 is 2.64 bits per heavy atom. The van der Waals surface area contributed by atoms with Crippen LogP contribution in [0.25, 0.3) is 0 Å². The molecule has 62 valence electrons. The predicted octanol–water partition coefficient (Wildman–Crippen LogP) is 2.71. The fraction of sp³-hybridized carbons (Fsp3) is 0.500. The monoisotopic (exact) mass is 170 g/mol. The second-order valence-corrected chi connectivity index (χ2v) is 3.22. The summed E-state index contributed by atoms with van der Waals surface area (Å²) < 4.78 is 0. The molecule has 0 aromatic carbocycles. The highest BCUT2D eigenvalue weighted by atomic mass is 32.2. The van der Waals surface area contributed by atoms with Crippen LogP contribution in [0.5, 0.6) is 0 Å². The zero-order chi connectivity index (χ0) is 8.69. The van der Waals surface area contributed by atoms with Crippen molar-refractivity contribution >= 4 is 24.2 Å². The third-order valence-electron chi connectivity index (χ3n) is 1.11. The van der Waals surface area contributed by atoms with Gasteiger partial charge in [-0.25, -0.2) is 0 Å². The van der Waals surface area contributed by atoms with Gasteiger partial charge in [0.05, 0.1) is 5.70 Å². The molecule has 0 fully saturated rings. The molecule has 0 aliphatic heterocycles. The average Bonchev–Trinajstić information content (AvgIpc) is 2.00. The van der Waals surface area contributed by atoms with Crippen LogP contribution in [0.15, 0.2) is 15.6 Å². The van der Waals surface area contributed by atoms with Gasteiger partial charge in [-0.3, -0.25) is 4.99 Å². The van der Waals surface area contributed by atoms with Crippen LogP contribution in [-0.2, 0) is 0 Å². The number of rotatable bonds is 4. The van der Waals surface area contributed by atoms with Crippen molar-refractivity contribution in [2.45, 2.75) is 20.8 Å². The van der Waals surface area contributed by atoms with Gasteiger partial charge in [0.25, 0.3) is 0 Å². The van der Waals surface area contributed by atoms with Crippen molar-refractivity contribution in [1.29, 1.82) is 5.41 Å². The summed E-state index contributed by atoms with van der Waals surface area (Å²) in [6, 6.07) is 0. The molecule has 0 saturated heterocycles. The minimum Gasteiger partial charge on any atom is -0.308 e. The van der Waals surface area contributed by atoms with E-state index in [9.17, 15) is 0 Å². The lowest BCUT2D eigenvalue weighted by Crippen LogP contribution is -1.84. The molecule has 0 rings (SSSR count). The average molecular weight is 170 g/mol. The summed E-state index contributed by atoms with van der Waals surface area (Å²) in [5.74, 6) is 0.987. The molecule has 0 aromatic heterocycles. The fourth-order valence-electron chi connectivity index (χ4n) is 0.663. The molecule has 0 heterocycles. The number of nitrogens with zero attached hydrogens (tertiary/aromatic N) is 1. The smallest absolute Gasteiger partial charge is 0.0519 e. The van der Waals surface area contributed by atoms with E-state index in [1.807, 2.05) is 13.8 Å². The molecular formula is C8H14N2S. The largest absolute Gasteiger partial charge is 0.308 e. The van der Waals surface area contributed by atoms with Gasteiger partial charge in [0.2, 0.25) is 0 Å². The minimum atomic E-state index is 0.925. The number of nitrogens with one attached hydrogen (secondary N) is 1. The Balaban J connectivity index is 4.38. The van der Waals surface area contributed by atoms with E-state index in [1.54, 1.807) is 18.0 Å². The van der Waals surface area contributed by atoms with Gasteiger partial charge in [-0.05, 0) is 19.6 Å². The maximum absolute atomic E-state index is 7.09. The Labute approximate surface area is 72.3 Å². The highest BCUT2D eigenvalue weighted by molar-refractivity contribution is 8.03. The standard InChI is InChI=1S/C8H14N2S/c1-4-10-7(3)8(6-9)11-5-2/h4,6,9H,5H2,1-3H3. The van der Waals surface area contributed by atoms with Gasteiger partial charge in [-0.2, -0.15) is 0 Å². The summed E-state index contributed by atoms with van der Waals surface area (Å²) in [6.45, 7) is 5.86. The van der Waals surface area contributed by atoms with E-state index >= 15 is 0 Å². The van der Waals surface area contributed by atoms with Gasteiger partial charge in [-0.15, -0.1) is 11.8 Å². The Kier molecular flexibility index (Phi) is 5.84. The summed E-state index contributed by atoms with van der Waals surface area (Å²) in [6.07, 6.45) is 3.10. The van der Waals surface area contributed by atoms with Crippen LogP contribution in [0, 0.1) is 5.41 Å². The number of aliphatic imine (C=N–C) groups is 1. The Bertz CT molecular complexity index is 183. The summed E-state index contributed by atoms with van der Waals surface area (Å²) >= 11 is 1.65. The Morgan fingerprint density at radius 2 is 2.27 bits per heavy atom. The summed E-state index contributed by atoms with van der Waals surface area (Å²) in [7, 11) is 0. The first-order valence-corrected chi connectivity index (χ1v) is 4.57. The molecule has 0 bridgehead atoms. The summed E-state index contributed by atoms with van der Waals surface area (Å²) in [5.41, 5.74) is 0.925. The van der Waals surface area contributed by atoms with E-state index in [0.717, 1.165) is 16.4 Å². The normalized spacial score (nSPS) is 13.4. The van der Waals surface area contributed by atoms with Crippen molar-refractivity contribution in [3.05, 3.63) is 10.6 Å². The van der Waals surface area contributed by atoms with Gasteiger partial charge >= 0.3 is 0 Å². The molecule has 0 atom stereocenters. The number of allylic oxidation sites excluding steroid dienone is 2. The molecular weight excluding hydrogens is 156 g/mol. The van der Waals surface area contributed by atoms with Gasteiger partial charge < -0.3 is 5.41 Å². The highest BCUT2D eigenvalue weighted by Crippen LogP contribution is 2.17. The lowest BCUT2D eigenvalue weighted by Gasteiger charge is -1.99. The molecule has 0 aliphatic carbocycles. The van der Waals surface area contributed by atoms with Crippen LogP contribution in [-0.4, -0.2) is 18.2 Å². The third kappa shape index (κ3) is 3.98. The molecule has 2 nitrogen and oxygen atoms in total. The molecule has 0 aliphatic rings. The lowest BCUT2D eigenvalue weighted by molar-refractivity contribution is 1.31. The quantitative estimate of drug-likeness (QED) is 0.647. The first-order valence-electron chi connectivity index (χ1n) is 3.59. The zero-order valence-electron chi connectivity index (χ0n) is 7.22. The summed E-state index contributed by atoms with van der Waals surface area (Å²) in [4.78, 5) is 5.05. The molecule has 0 spiro atoms. The first kappa shape index (κ1) is 10.4. The zero-order valence-corrected chi connectivity index (χ0v) is 8.03. The maximum Gasteiger partial charge on any atom is 0.0519 e. The third-order valence-corrected chi connectivity index (χ3v) is 2.12. The number of hydrogen-bond acceptors (Lipinski definition) is 3. The molecule has 0 saturated carbocycles. The highest BCUT2D eigenvalue weighted by Gasteiger charge is 1.95.